The normalized spacial score (nSPS) is 11.0. The summed E-state index contributed by atoms with van der Waals surface area (Å²) in [6.07, 6.45) is 0. The minimum Gasteiger partial charge on any atom is -0.508 e. The molecule has 0 aliphatic heterocycles. The summed E-state index contributed by atoms with van der Waals surface area (Å²) in [7, 11) is 0. The Bertz CT molecular complexity index is 3630. The van der Waals surface area contributed by atoms with Gasteiger partial charge in [0.05, 0.1) is 5.39 Å². The molecule has 8 N–H and O–H groups in total. The summed E-state index contributed by atoms with van der Waals surface area (Å²) in [4.78, 5) is 0. The van der Waals surface area contributed by atoms with Gasteiger partial charge in [-0.3, -0.25) is 0 Å². The third-order valence-electron chi connectivity index (χ3n) is 11.4. The average molecular weight is 841 g/mol. The fourth-order valence-electron chi connectivity index (χ4n) is 8.38. The van der Waals surface area contributed by atoms with Gasteiger partial charge < -0.3 is 40.9 Å². The fraction of sp³-hybridized carbons (Fsp3) is 0. The summed E-state index contributed by atoms with van der Waals surface area (Å²) >= 11 is 0. The molecule has 0 heterocycles. The summed E-state index contributed by atoms with van der Waals surface area (Å²) in [6.45, 7) is 0. The molecule has 0 radical (unpaired) electrons. The molecule has 8 heteroatoms. The number of phenols is 8. The van der Waals surface area contributed by atoms with E-state index >= 15 is 0 Å². The van der Waals surface area contributed by atoms with E-state index in [0.717, 1.165) is 75.4 Å². The minimum absolute atomic E-state index is 0.112. The van der Waals surface area contributed by atoms with Crippen molar-refractivity contribution in [3.8, 4) is 46.0 Å². The van der Waals surface area contributed by atoms with E-state index in [1.54, 1.807) is 78.9 Å². The topological polar surface area (TPSA) is 162 Å². The van der Waals surface area contributed by atoms with Crippen molar-refractivity contribution in [1.29, 1.82) is 0 Å². The van der Waals surface area contributed by atoms with Gasteiger partial charge in [-0.05, 0) is 121 Å². The molecule has 0 aliphatic rings. The van der Waals surface area contributed by atoms with Crippen LogP contribution >= 0.6 is 0 Å². The van der Waals surface area contributed by atoms with Crippen LogP contribution in [0.15, 0.2) is 194 Å². The number of hydrogen-bond donors (Lipinski definition) is 8. The van der Waals surface area contributed by atoms with Gasteiger partial charge in [0.1, 0.15) is 46.0 Å². The summed E-state index contributed by atoms with van der Waals surface area (Å²) in [5, 5.41) is 92.0. The van der Waals surface area contributed by atoms with Crippen LogP contribution in [0.5, 0.6) is 46.0 Å². The molecular weight excluding hydrogens is 801 g/mol. The molecule has 12 aromatic carbocycles. The first kappa shape index (κ1) is 40.5. The zero-order valence-electron chi connectivity index (χ0n) is 34.1. The lowest BCUT2D eigenvalue weighted by Gasteiger charge is -2.07. The molecule has 312 valence electrons. The molecule has 12 aromatic rings. The molecule has 0 aromatic heterocycles. The van der Waals surface area contributed by atoms with Crippen LogP contribution in [0.3, 0.4) is 0 Å². The van der Waals surface area contributed by atoms with Crippen molar-refractivity contribution in [2.75, 3.05) is 0 Å². The van der Waals surface area contributed by atoms with E-state index in [2.05, 4.69) is 0 Å². The first-order valence-electron chi connectivity index (χ1n) is 20.4. The number of hydrogen-bond acceptors (Lipinski definition) is 8. The van der Waals surface area contributed by atoms with Crippen molar-refractivity contribution in [2.45, 2.75) is 0 Å². The van der Waals surface area contributed by atoms with Gasteiger partial charge in [0, 0.05) is 26.9 Å². The van der Waals surface area contributed by atoms with Crippen molar-refractivity contribution in [3.05, 3.63) is 194 Å². The van der Waals surface area contributed by atoms with Crippen molar-refractivity contribution in [3.63, 3.8) is 0 Å². The monoisotopic (exact) mass is 840 g/mol. The first-order chi connectivity index (χ1) is 31.1. The number of fused-ring (bicyclic) bond motifs is 12. The molecule has 0 bridgehead atoms. The van der Waals surface area contributed by atoms with Crippen LogP contribution in [0.1, 0.15) is 0 Å². The minimum atomic E-state index is 0.112. The molecular formula is C56H40O8. The molecule has 8 nitrogen and oxygen atoms in total. The highest BCUT2D eigenvalue weighted by atomic mass is 16.3. The lowest BCUT2D eigenvalue weighted by atomic mass is 10.0. The van der Waals surface area contributed by atoms with Crippen LogP contribution in [0.4, 0.5) is 0 Å². The summed E-state index contributed by atoms with van der Waals surface area (Å²) < 4.78 is 0. The summed E-state index contributed by atoms with van der Waals surface area (Å²) in [5.41, 5.74) is 0. The second-order valence-corrected chi connectivity index (χ2v) is 15.3. The van der Waals surface area contributed by atoms with E-state index < -0.39 is 0 Å². The molecule has 0 aliphatic carbocycles. The lowest BCUT2D eigenvalue weighted by Crippen LogP contribution is -1.79. The first-order valence-corrected chi connectivity index (χ1v) is 20.4. The van der Waals surface area contributed by atoms with E-state index in [0.29, 0.717) is 10.8 Å². The fourth-order valence-corrected chi connectivity index (χ4v) is 8.38. The zero-order valence-corrected chi connectivity index (χ0v) is 34.1. The highest BCUT2D eigenvalue weighted by Crippen LogP contribution is 2.39. The Labute approximate surface area is 365 Å². The highest BCUT2D eigenvalue weighted by Gasteiger charge is 2.10. The maximum atomic E-state index is 9.89. The van der Waals surface area contributed by atoms with Gasteiger partial charge in [-0.15, -0.1) is 0 Å². The molecule has 12 rings (SSSR count). The maximum Gasteiger partial charge on any atom is 0.127 e. The number of phenolic OH excluding ortho intramolecular Hbond substituents is 8. The Kier molecular flexibility index (Phi) is 10.7. The summed E-state index contributed by atoms with van der Waals surface area (Å²) in [6, 6.07) is 58.3. The number of benzene rings is 12. The lowest BCUT2D eigenvalue weighted by molar-refractivity contribution is 0.464. The second-order valence-electron chi connectivity index (χ2n) is 15.3. The van der Waals surface area contributed by atoms with Crippen molar-refractivity contribution in [1.82, 2.24) is 0 Å². The Balaban J connectivity index is 0.000000108. The molecule has 0 atom stereocenters. The zero-order chi connectivity index (χ0) is 44.5. The summed E-state index contributed by atoms with van der Waals surface area (Å²) in [5.74, 6) is 1.70. The third kappa shape index (κ3) is 7.56. The Morgan fingerprint density at radius 1 is 0.188 bits per heavy atom. The van der Waals surface area contributed by atoms with E-state index in [9.17, 15) is 40.9 Å². The van der Waals surface area contributed by atoms with Gasteiger partial charge in [-0.1, -0.05) is 127 Å². The van der Waals surface area contributed by atoms with Crippen LogP contribution in [0, 0.1) is 0 Å². The van der Waals surface area contributed by atoms with Crippen LogP contribution in [0.25, 0.3) is 86.2 Å². The van der Waals surface area contributed by atoms with Crippen molar-refractivity contribution >= 4 is 86.2 Å². The third-order valence-corrected chi connectivity index (χ3v) is 11.4. The van der Waals surface area contributed by atoms with Gasteiger partial charge in [-0.25, -0.2) is 0 Å². The average Bonchev–Trinajstić information content (AvgIpc) is 3.30. The van der Waals surface area contributed by atoms with Gasteiger partial charge in [0.25, 0.3) is 0 Å². The molecule has 64 heavy (non-hydrogen) atoms. The van der Waals surface area contributed by atoms with Crippen molar-refractivity contribution in [2.24, 2.45) is 0 Å². The molecule has 0 saturated heterocycles. The van der Waals surface area contributed by atoms with Crippen LogP contribution in [-0.2, 0) is 0 Å². The van der Waals surface area contributed by atoms with Crippen molar-refractivity contribution < 1.29 is 40.9 Å². The SMILES string of the molecule is Oc1cc2c(O)cccc2c2ccccc12.Oc1ccc2c(ccc3c(O)cccc32)c1.Oc1cccc2c1c(O)cc1ccccc12.Oc1cccc2c1ccc1c(O)cccc12. The van der Waals surface area contributed by atoms with Gasteiger partial charge in [-0.2, -0.15) is 0 Å². The van der Waals surface area contributed by atoms with E-state index in [1.807, 2.05) is 115 Å². The van der Waals surface area contributed by atoms with Gasteiger partial charge in [0.15, 0.2) is 0 Å². The largest absolute Gasteiger partial charge is 0.508 e. The number of aromatic hydroxyl groups is 8. The Morgan fingerprint density at radius 3 is 1.12 bits per heavy atom. The standard InChI is InChI=1S/4C14H10O2/c15-13-5-1-3-9-10-4-2-6-14(16)12(10)8-7-11(9)13;15-13-7-3-6-10-9-4-1-2-5-11(9)14(16)8-12(10)13;15-12-7-3-6-11-10-5-2-1-4-9(10)8-13(16)14(11)12;15-10-5-7-11-9(8-10)4-6-13-12(11)2-1-3-14(13)16/h4*1-8,15-16H. The molecule has 0 spiro atoms. The van der Waals surface area contributed by atoms with Crippen LogP contribution in [0.2, 0.25) is 0 Å². The smallest absolute Gasteiger partial charge is 0.127 e. The molecule has 0 unspecified atom stereocenters. The van der Waals surface area contributed by atoms with Gasteiger partial charge in [0.2, 0.25) is 0 Å². The van der Waals surface area contributed by atoms with Crippen LogP contribution in [-0.4, -0.2) is 40.9 Å². The molecule has 0 fully saturated rings. The number of rotatable bonds is 0. The maximum absolute atomic E-state index is 9.89. The Hall–Kier alpha value is -8.88. The van der Waals surface area contributed by atoms with E-state index in [-0.39, 0.29) is 46.0 Å². The predicted octanol–water partition coefficient (Wildman–Crippen LogP) is 13.6. The highest BCUT2D eigenvalue weighted by molar-refractivity contribution is 6.14. The Morgan fingerprint density at radius 2 is 0.547 bits per heavy atom. The van der Waals surface area contributed by atoms with Crippen LogP contribution < -0.4 is 0 Å². The van der Waals surface area contributed by atoms with Gasteiger partial charge >= 0.3 is 0 Å². The molecule has 0 saturated carbocycles. The quantitative estimate of drug-likeness (QED) is 0.0700. The predicted molar refractivity (Wildman–Crippen MR) is 259 cm³/mol. The molecule has 0 amide bonds. The van der Waals surface area contributed by atoms with E-state index in [1.165, 1.54) is 0 Å². The second kappa shape index (κ2) is 16.9. The van der Waals surface area contributed by atoms with E-state index in [4.69, 9.17) is 0 Å².